The van der Waals surface area contributed by atoms with Crippen molar-refractivity contribution in [3.8, 4) is 0 Å². The van der Waals surface area contributed by atoms with E-state index in [-0.39, 0.29) is 12.1 Å². The van der Waals surface area contributed by atoms with Crippen LogP contribution in [0, 0.1) is 0 Å². The van der Waals surface area contributed by atoms with Crippen molar-refractivity contribution in [3.63, 3.8) is 0 Å². The molecule has 3 nitrogen and oxygen atoms in total. The highest BCUT2D eigenvalue weighted by molar-refractivity contribution is 5.76. The largest absolute Gasteiger partial charge is 0.362 e. The lowest BCUT2D eigenvalue weighted by atomic mass is 10.2. The van der Waals surface area contributed by atoms with Crippen LogP contribution in [0.1, 0.15) is 33.1 Å². The summed E-state index contributed by atoms with van der Waals surface area (Å²) in [5.41, 5.74) is 0. The number of hydrogen-bond donors (Lipinski definition) is 0. The summed E-state index contributed by atoms with van der Waals surface area (Å²) in [7, 11) is 1.67. The first-order valence-electron chi connectivity index (χ1n) is 4.54. The second-order valence-corrected chi connectivity index (χ2v) is 3.27. The zero-order chi connectivity index (χ0) is 9.14. The Hall–Kier alpha value is -0.570. The van der Waals surface area contributed by atoms with Crippen LogP contribution in [0.25, 0.3) is 0 Å². The van der Waals surface area contributed by atoms with Crippen molar-refractivity contribution in [3.05, 3.63) is 0 Å². The van der Waals surface area contributed by atoms with Crippen molar-refractivity contribution in [2.24, 2.45) is 0 Å². The molecule has 0 aromatic carbocycles. The summed E-state index contributed by atoms with van der Waals surface area (Å²) in [6.07, 6.45) is 2.63. The molecule has 0 radical (unpaired) electrons. The molecular formula is C9H17NO2. The number of amides is 1. The van der Waals surface area contributed by atoms with Gasteiger partial charge in [0.15, 0.2) is 0 Å². The molecular weight excluding hydrogens is 154 g/mol. The molecule has 70 valence electrons. The molecule has 1 aliphatic heterocycles. The van der Waals surface area contributed by atoms with Crippen LogP contribution in [0.3, 0.4) is 0 Å². The van der Waals surface area contributed by atoms with E-state index in [1.54, 1.807) is 7.11 Å². The number of carbonyl (C=O) groups is 1. The van der Waals surface area contributed by atoms with Gasteiger partial charge in [0.2, 0.25) is 5.91 Å². The highest BCUT2D eigenvalue weighted by Crippen LogP contribution is 2.24. The molecule has 1 saturated heterocycles. The average Bonchev–Trinajstić information content (AvgIpc) is 2.45. The number of likely N-dealkylation sites (tertiary alicyclic amines) is 1. The summed E-state index contributed by atoms with van der Waals surface area (Å²) >= 11 is 0. The predicted molar refractivity (Wildman–Crippen MR) is 46.6 cm³/mol. The van der Waals surface area contributed by atoms with Crippen molar-refractivity contribution in [1.29, 1.82) is 0 Å². The summed E-state index contributed by atoms with van der Waals surface area (Å²) in [6.45, 7) is 3.96. The molecule has 0 bridgehead atoms. The van der Waals surface area contributed by atoms with Gasteiger partial charge in [0.05, 0.1) is 0 Å². The van der Waals surface area contributed by atoms with E-state index in [9.17, 15) is 4.79 Å². The van der Waals surface area contributed by atoms with Crippen LogP contribution in [0.15, 0.2) is 0 Å². The summed E-state index contributed by atoms with van der Waals surface area (Å²) in [5, 5.41) is 0. The van der Waals surface area contributed by atoms with Crippen molar-refractivity contribution < 1.29 is 9.53 Å². The van der Waals surface area contributed by atoms with Gasteiger partial charge in [0.1, 0.15) is 6.23 Å². The van der Waals surface area contributed by atoms with Gasteiger partial charge in [-0.3, -0.25) is 4.79 Å². The monoisotopic (exact) mass is 171 g/mol. The van der Waals surface area contributed by atoms with Crippen molar-refractivity contribution in [2.75, 3.05) is 7.11 Å². The lowest BCUT2D eigenvalue weighted by Crippen LogP contribution is -2.40. The van der Waals surface area contributed by atoms with Gasteiger partial charge in [-0.25, -0.2) is 0 Å². The fourth-order valence-electron chi connectivity index (χ4n) is 1.77. The maximum atomic E-state index is 11.4. The van der Waals surface area contributed by atoms with Gasteiger partial charge in [-0.1, -0.05) is 6.92 Å². The zero-order valence-corrected chi connectivity index (χ0v) is 8.04. The first-order valence-corrected chi connectivity index (χ1v) is 4.54. The molecule has 1 amide bonds. The van der Waals surface area contributed by atoms with Gasteiger partial charge < -0.3 is 9.64 Å². The van der Waals surface area contributed by atoms with Crippen molar-refractivity contribution in [1.82, 2.24) is 4.90 Å². The van der Waals surface area contributed by atoms with Crippen LogP contribution in [-0.2, 0) is 9.53 Å². The Labute approximate surface area is 73.7 Å². The van der Waals surface area contributed by atoms with E-state index in [0.29, 0.717) is 12.5 Å². The first-order chi connectivity index (χ1) is 5.70. The number of nitrogens with zero attached hydrogens (tertiary/aromatic N) is 1. The Kier molecular flexibility index (Phi) is 3.09. The molecule has 2 atom stereocenters. The summed E-state index contributed by atoms with van der Waals surface area (Å²) in [6, 6.07) is 0.349. The number of rotatable bonds is 2. The Morgan fingerprint density at radius 1 is 1.58 bits per heavy atom. The predicted octanol–water partition coefficient (Wildman–Crippen LogP) is 1.38. The number of carbonyl (C=O) groups excluding carboxylic acids is 1. The fraction of sp³-hybridized carbons (Fsp3) is 0.889. The minimum atomic E-state index is 0.0208. The smallest absolute Gasteiger partial charge is 0.224 e. The van der Waals surface area contributed by atoms with E-state index in [4.69, 9.17) is 4.74 Å². The Balaban J connectivity index is 2.63. The minimum Gasteiger partial charge on any atom is -0.362 e. The van der Waals surface area contributed by atoms with Crippen LogP contribution < -0.4 is 0 Å². The van der Waals surface area contributed by atoms with E-state index in [2.05, 4.69) is 6.92 Å². The Bertz CT molecular complexity index is 170. The maximum Gasteiger partial charge on any atom is 0.224 e. The molecule has 12 heavy (non-hydrogen) atoms. The first kappa shape index (κ1) is 9.52. The number of methoxy groups -OCH3 is 1. The third-order valence-electron chi connectivity index (χ3n) is 2.48. The molecule has 0 aliphatic carbocycles. The quantitative estimate of drug-likeness (QED) is 0.628. The van der Waals surface area contributed by atoms with Crippen LogP contribution in [-0.4, -0.2) is 30.2 Å². The van der Waals surface area contributed by atoms with Gasteiger partial charge in [0.25, 0.3) is 0 Å². The van der Waals surface area contributed by atoms with Gasteiger partial charge in [-0.2, -0.15) is 0 Å². The summed E-state index contributed by atoms with van der Waals surface area (Å²) in [5.74, 6) is 0.201. The number of hydrogen-bond acceptors (Lipinski definition) is 2. The molecule has 1 rings (SSSR count). The zero-order valence-electron chi connectivity index (χ0n) is 8.04. The van der Waals surface area contributed by atoms with Crippen molar-refractivity contribution >= 4 is 5.91 Å². The third-order valence-corrected chi connectivity index (χ3v) is 2.48. The highest BCUT2D eigenvalue weighted by Gasteiger charge is 2.32. The van der Waals surface area contributed by atoms with Crippen LogP contribution >= 0.6 is 0 Å². The Morgan fingerprint density at radius 2 is 2.25 bits per heavy atom. The lowest BCUT2D eigenvalue weighted by Gasteiger charge is -2.26. The molecule has 0 spiro atoms. The minimum absolute atomic E-state index is 0.0208. The van der Waals surface area contributed by atoms with Gasteiger partial charge in [-0.05, 0) is 19.8 Å². The van der Waals surface area contributed by atoms with E-state index in [1.165, 1.54) is 0 Å². The van der Waals surface area contributed by atoms with E-state index < -0.39 is 0 Å². The van der Waals surface area contributed by atoms with Crippen LogP contribution in [0.2, 0.25) is 0 Å². The molecule has 2 unspecified atom stereocenters. The third kappa shape index (κ3) is 1.61. The fourth-order valence-corrected chi connectivity index (χ4v) is 1.77. The number of ether oxygens (including phenoxy) is 1. The molecule has 1 heterocycles. The summed E-state index contributed by atoms with van der Waals surface area (Å²) in [4.78, 5) is 13.3. The standard InChI is InChI=1S/C9H17NO2/c1-4-8(11)10-7(2)5-6-9(10)12-3/h7,9H,4-6H2,1-3H3. The second kappa shape index (κ2) is 3.90. The Morgan fingerprint density at radius 3 is 2.75 bits per heavy atom. The van der Waals surface area contributed by atoms with E-state index in [1.807, 2.05) is 11.8 Å². The van der Waals surface area contributed by atoms with Crippen LogP contribution in [0.5, 0.6) is 0 Å². The molecule has 0 saturated carbocycles. The molecule has 1 aliphatic rings. The van der Waals surface area contributed by atoms with Gasteiger partial charge in [-0.15, -0.1) is 0 Å². The van der Waals surface area contributed by atoms with E-state index >= 15 is 0 Å². The van der Waals surface area contributed by atoms with E-state index in [0.717, 1.165) is 12.8 Å². The molecule has 0 N–H and O–H groups in total. The average molecular weight is 171 g/mol. The van der Waals surface area contributed by atoms with Gasteiger partial charge >= 0.3 is 0 Å². The topological polar surface area (TPSA) is 29.5 Å². The molecule has 0 aromatic heterocycles. The van der Waals surface area contributed by atoms with Crippen molar-refractivity contribution in [2.45, 2.75) is 45.4 Å². The lowest BCUT2D eigenvalue weighted by molar-refractivity contribution is -0.142. The van der Waals surface area contributed by atoms with Gasteiger partial charge in [0, 0.05) is 19.6 Å². The van der Waals surface area contributed by atoms with Crippen LogP contribution in [0.4, 0.5) is 0 Å². The molecule has 3 heteroatoms. The summed E-state index contributed by atoms with van der Waals surface area (Å²) < 4.78 is 5.22. The SMILES string of the molecule is CCC(=O)N1C(C)CCC1OC. The normalized spacial score (nSPS) is 29.4. The molecule has 1 fully saturated rings. The highest BCUT2D eigenvalue weighted by atomic mass is 16.5. The second-order valence-electron chi connectivity index (χ2n) is 3.27. The maximum absolute atomic E-state index is 11.4. The molecule has 0 aromatic rings.